The van der Waals surface area contributed by atoms with Crippen molar-refractivity contribution in [3.05, 3.63) is 0 Å². The fourth-order valence-electron chi connectivity index (χ4n) is 5.34. The van der Waals surface area contributed by atoms with Crippen LogP contribution in [0.1, 0.15) is 65.2 Å². The van der Waals surface area contributed by atoms with E-state index < -0.39 is 0 Å². The molecular formula is C20H37IN4O2. The summed E-state index contributed by atoms with van der Waals surface area (Å²) in [6.45, 7) is 7.64. The minimum absolute atomic E-state index is 0. The van der Waals surface area contributed by atoms with Crippen molar-refractivity contribution < 1.29 is 9.53 Å². The van der Waals surface area contributed by atoms with E-state index in [1.807, 2.05) is 0 Å². The highest BCUT2D eigenvalue weighted by Gasteiger charge is 2.57. The molecular weight excluding hydrogens is 455 g/mol. The minimum atomic E-state index is -0.192. The molecule has 3 unspecified atom stereocenters. The van der Waals surface area contributed by atoms with E-state index in [1.54, 1.807) is 0 Å². The van der Waals surface area contributed by atoms with Crippen LogP contribution in [0.25, 0.3) is 0 Å². The third-order valence-electron chi connectivity index (χ3n) is 6.61. The fourth-order valence-corrected chi connectivity index (χ4v) is 5.34. The summed E-state index contributed by atoms with van der Waals surface area (Å²) in [5, 5.41) is 3.80. The number of nitrogens with two attached hydrogens (primary N) is 1. The summed E-state index contributed by atoms with van der Waals surface area (Å²) in [6.07, 6.45) is 9.29. The van der Waals surface area contributed by atoms with E-state index >= 15 is 0 Å². The number of likely N-dealkylation sites (tertiary alicyclic amines) is 1. The van der Waals surface area contributed by atoms with Gasteiger partial charge in [0.15, 0.2) is 5.96 Å². The fraction of sp³-hybridized carbons (Fsp3) is 0.900. The number of carbonyl (C=O) groups is 1. The number of primary amides is 1. The second-order valence-electron chi connectivity index (χ2n) is 8.24. The number of ether oxygens (including phenoxy) is 1. The zero-order valence-electron chi connectivity index (χ0n) is 16.9. The lowest BCUT2D eigenvalue weighted by Gasteiger charge is -2.55. The molecule has 0 aromatic carbocycles. The maximum absolute atomic E-state index is 11.3. The van der Waals surface area contributed by atoms with E-state index in [0.717, 1.165) is 51.5 Å². The molecule has 3 rings (SSSR count). The van der Waals surface area contributed by atoms with Gasteiger partial charge in [-0.25, -0.2) is 0 Å². The van der Waals surface area contributed by atoms with Crippen LogP contribution >= 0.6 is 24.0 Å². The summed E-state index contributed by atoms with van der Waals surface area (Å²) >= 11 is 0. The molecule has 27 heavy (non-hydrogen) atoms. The molecule has 1 aliphatic heterocycles. The number of nitrogens with zero attached hydrogens (tertiary/aromatic N) is 2. The van der Waals surface area contributed by atoms with Gasteiger partial charge in [0.05, 0.1) is 6.10 Å². The summed E-state index contributed by atoms with van der Waals surface area (Å²) in [7, 11) is 0. The second-order valence-corrected chi connectivity index (χ2v) is 8.24. The Balaban J connectivity index is 0.00000261. The van der Waals surface area contributed by atoms with Crippen LogP contribution in [0.15, 0.2) is 4.99 Å². The Labute approximate surface area is 181 Å². The quantitative estimate of drug-likeness (QED) is 0.340. The third-order valence-corrected chi connectivity index (χ3v) is 6.61. The van der Waals surface area contributed by atoms with Crippen LogP contribution in [0.2, 0.25) is 0 Å². The molecule has 156 valence electrons. The lowest BCUT2D eigenvalue weighted by atomic mass is 9.60. The Bertz CT molecular complexity index is 522. The van der Waals surface area contributed by atoms with Crippen LogP contribution in [-0.4, -0.2) is 55.2 Å². The smallest absolute Gasteiger partial charge is 0.217 e. The number of carbonyl (C=O) groups excluding carboxylic acids is 1. The van der Waals surface area contributed by atoms with Gasteiger partial charge in [-0.2, -0.15) is 0 Å². The van der Waals surface area contributed by atoms with Crippen molar-refractivity contribution in [1.82, 2.24) is 10.2 Å². The molecule has 2 aliphatic carbocycles. The number of rotatable bonds is 6. The number of amides is 1. The average Bonchev–Trinajstić information content (AvgIpc) is 3.12. The van der Waals surface area contributed by atoms with Crippen LogP contribution in [0.3, 0.4) is 0 Å². The van der Waals surface area contributed by atoms with Crippen molar-refractivity contribution >= 4 is 35.8 Å². The maximum atomic E-state index is 11.3. The molecule has 0 aromatic rings. The van der Waals surface area contributed by atoms with Gasteiger partial charge in [0.25, 0.3) is 0 Å². The highest BCUT2D eigenvalue weighted by molar-refractivity contribution is 14.0. The van der Waals surface area contributed by atoms with Crippen molar-refractivity contribution in [2.75, 3.05) is 26.2 Å². The van der Waals surface area contributed by atoms with Crippen LogP contribution < -0.4 is 11.1 Å². The van der Waals surface area contributed by atoms with Gasteiger partial charge in [-0.3, -0.25) is 9.79 Å². The van der Waals surface area contributed by atoms with Gasteiger partial charge < -0.3 is 20.7 Å². The van der Waals surface area contributed by atoms with Gasteiger partial charge in [0.1, 0.15) is 0 Å². The highest BCUT2D eigenvalue weighted by atomic mass is 127. The highest BCUT2D eigenvalue weighted by Crippen LogP contribution is 2.54. The minimum Gasteiger partial charge on any atom is -0.378 e. The standard InChI is InChI=1S/C20H36N4O2.HI/c1-3-22-19(24-11-7-8-15(14-24)12-18(21)25)23-16-13-17(26-4-2)20(16)9-5-6-10-20;/h15-17H,3-14H2,1-2H3,(H2,21,25)(H,22,23);1H. The molecule has 3 fully saturated rings. The first-order chi connectivity index (χ1) is 12.6. The molecule has 1 saturated heterocycles. The van der Waals surface area contributed by atoms with Gasteiger partial charge in [-0.1, -0.05) is 12.8 Å². The lowest BCUT2D eigenvalue weighted by molar-refractivity contribution is -0.126. The van der Waals surface area contributed by atoms with E-state index in [4.69, 9.17) is 15.5 Å². The Hall–Kier alpha value is -0.570. The van der Waals surface area contributed by atoms with Crippen LogP contribution in [-0.2, 0) is 9.53 Å². The van der Waals surface area contributed by atoms with Crippen LogP contribution in [0.5, 0.6) is 0 Å². The van der Waals surface area contributed by atoms with Crippen LogP contribution in [0.4, 0.5) is 0 Å². The number of halogens is 1. The van der Waals surface area contributed by atoms with Crippen molar-refractivity contribution in [1.29, 1.82) is 0 Å². The molecule has 3 N–H and O–H groups in total. The molecule has 6 nitrogen and oxygen atoms in total. The first kappa shape index (κ1) is 22.7. The van der Waals surface area contributed by atoms with Gasteiger partial charge in [-0.05, 0) is 51.9 Å². The number of aliphatic imine (C=N–C) groups is 1. The number of hydrogen-bond donors (Lipinski definition) is 2. The van der Waals surface area contributed by atoms with Crippen LogP contribution in [0, 0.1) is 11.3 Å². The molecule has 3 atom stereocenters. The van der Waals surface area contributed by atoms with Crippen molar-refractivity contribution in [2.45, 2.75) is 77.4 Å². The van der Waals surface area contributed by atoms with E-state index in [0.29, 0.717) is 29.9 Å². The topological polar surface area (TPSA) is 80.0 Å². The monoisotopic (exact) mass is 492 g/mol. The van der Waals surface area contributed by atoms with E-state index in [-0.39, 0.29) is 29.9 Å². The first-order valence-corrected chi connectivity index (χ1v) is 10.5. The third kappa shape index (κ3) is 5.08. The Kier molecular flexibility index (Phi) is 8.65. The first-order valence-electron chi connectivity index (χ1n) is 10.5. The largest absolute Gasteiger partial charge is 0.378 e. The molecule has 0 bridgehead atoms. The number of hydrogen-bond acceptors (Lipinski definition) is 3. The zero-order valence-corrected chi connectivity index (χ0v) is 19.2. The predicted octanol–water partition coefficient (Wildman–Crippen LogP) is 2.90. The lowest BCUT2D eigenvalue weighted by Crippen LogP contribution is -2.65. The molecule has 1 spiro atoms. The van der Waals surface area contributed by atoms with Gasteiger partial charge in [0, 0.05) is 44.1 Å². The summed E-state index contributed by atoms with van der Waals surface area (Å²) < 4.78 is 6.05. The number of guanidine groups is 1. The Morgan fingerprint density at radius 1 is 1.30 bits per heavy atom. The van der Waals surface area contributed by atoms with E-state index in [9.17, 15) is 4.79 Å². The average molecular weight is 492 g/mol. The second kappa shape index (κ2) is 10.3. The summed E-state index contributed by atoms with van der Waals surface area (Å²) in [4.78, 5) is 18.4. The number of nitrogens with one attached hydrogen (secondary N) is 1. The summed E-state index contributed by atoms with van der Waals surface area (Å²) in [5.41, 5.74) is 5.72. The molecule has 2 saturated carbocycles. The number of piperidine rings is 1. The van der Waals surface area contributed by atoms with Crippen molar-refractivity contribution in [3.63, 3.8) is 0 Å². The van der Waals surface area contributed by atoms with E-state index in [1.165, 1.54) is 25.7 Å². The normalized spacial score (nSPS) is 29.9. The predicted molar refractivity (Wildman–Crippen MR) is 119 cm³/mol. The Morgan fingerprint density at radius 3 is 2.67 bits per heavy atom. The maximum Gasteiger partial charge on any atom is 0.217 e. The van der Waals surface area contributed by atoms with Gasteiger partial charge >= 0.3 is 0 Å². The van der Waals surface area contributed by atoms with E-state index in [2.05, 4.69) is 24.1 Å². The molecule has 1 heterocycles. The SMILES string of the molecule is CCN=C(NC1CC(OCC)C12CCCC2)N1CCCC(CC(N)=O)C1.I. The summed E-state index contributed by atoms with van der Waals surface area (Å²) in [5.74, 6) is 1.18. The molecule has 7 heteroatoms. The molecule has 3 aliphatic rings. The Morgan fingerprint density at radius 2 is 2.04 bits per heavy atom. The van der Waals surface area contributed by atoms with Crippen molar-refractivity contribution in [3.8, 4) is 0 Å². The van der Waals surface area contributed by atoms with Gasteiger partial charge in [-0.15, -0.1) is 24.0 Å². The zero-order chi connectivity index (χ0) is 18.6. The summed E-state index contributed by atoms with van der Waals surface area (Å²) in [6, 6.07) is 0.461. The van der Waals surface area contributed by atoms with Gasteiger partial charge in [0.2, 0.25) is 5.91 Å². The van der Waals surface area contributed by atoms with Crippen molar-refractivity contribution in [2.24, 2.45) is 22.1 Å². The molecule has 1 amide bonds. The molecule has 0 radical (unpaired) electrons. The molecule has 0 aromatic heterocycles.